The molecule has 0 amide bonds. The van der Waals surface area contributed by atoms with Gasteiger partial charge < -0.3 is 0 Å². The van der Waals surface area contributed by atoms with Crippen molar-refractivity contribution in [1.82, 2.24) is 4.98 Å². The number of pyridine rings is 1. The summed E-state index contributed by atoms with van der Waals surface area (Å²) in [5, 5.41) is 2.02. The number of thioether (sulfide) groups is 2. The minimum Gasteiger partial charge on any atom is -0.235 e. The van der Waals surface area contributed by atoms with Crippen LogP contribution in [0, 0.1) is 6.07 Å². The highest BCUT2D eigenvalue weighted by atomic mass is 32.2. The summed E-state index contributed by atoms with van der Waals surface area (Å²) < 4.78 is 0. The molecule has 0 aliphatic carbocycles. The zero-order valence-corrected chi connectivity index (χ0v) is 7.55. The molecule has 0 bridgehead atoms. The Labute approximate surface area is 69.6 Å². The lowest BCUT2D eigenvalue weighted by Gasteiger charge is -1.96. The fraction of sp³-hybridized carbons (Fsp3) is 0.286. The Kier molecular flexibility index (Phi) is 3.09. The molecule has 0 fully saturated rings. The summed E-state index contributed by atoms with van der Waals surface area (Å²) in [5.74, 6) is 0. The van der Waals surface area contributed by atoms with Crippen LogP contribution in [0.15, 0.2) is 22.2 Å². The molecule has 1 radical (unpaired) electrons. The molecule has 53 valence electrons. The number of nitrogens with zero attached hydrogens (tertiary/aromatic N) is 1. The van der Waals surface area contributed by atoms with E-state index in [0.717, 1.165) is 10.1 Å². The summed E-state index contributed by atoms with van der Waals surface area (Å²) in [6.45, 7) is 0. The summed E-state index contributed by atoms with van der Waals surface area (Å²) in [6.07, 6.45) is 4.02. The van der Waals surface area contributed by atoms with E-state index in [9.17, 15) is 0 Å². The molecule has 0 saturated heterocycles. The molecule has 0 aliphatic rings. The highest BCUT2D eigenvalue weighted by molar-refractivity contribution is 7.99. The lowest BCUT2D eigenvalue weighted by molar-refractivity contribution is 1.01. The maximum absolute atomic E-state index is 4.28. The third-order valence-electron chi connectivity index (χ3n) is 1.05. The van der Waals surface area contributed by atoms with E-state index < -0.39 is 0 Å². The second-order valence-electron chi connectivity index (χ2n) is 1.64. The Morgan fingerprint density at radius 3 is 2.80 bits per heavy atom. The minimum atomic E-state index is 0.965. The summed E-state index contributed by atoms with van der Waals surface area (Å²) in [6, 6.07) is 6.90. The third-order valence-corrected chi connectivity index (χ3v) is 2.29. The average molecular weight is 170 g/mol. The molecule has 1 rings (SSSR count). The quantitative estimate of drug-likeness (QED) is 0.632. The largest absolute Gasteiger partial charge is 0.235 e. The van der Waals surface area contributed by atoms with Gasteiger partial charge in [0.2, 0.25) is 0 Å². The normalized spacial score (nSPS) is 9.80. The van der Waals surface area contributed by atoms with E-state index in [2.05, 4.69) is 11.1 Å². The van der Waals surface area contributed by atoms with Gasteiger partial charge in [-0.3, -0.25) is 0 Å². The Morgan fingerprint density at radius 1 is 1.40 bits per heavy atom. The second-order valence-corrected chi connectivity index (χ2v) is 3.26. The summed E-state index contributed by atoms with van der Waals surface area (Å²) in [4.78, 5) is 4.28. The maximum atomic E-state index is 4.28. The summed E-state index contributed by atoms with van der Waals surface area (Å²) in [5.41, 5.74) is 0. The van der Waals surface area contributed by atoms with Crippen LogP contribution in [0.1, 0.15) is 0 Å². The van der Waals surface area contributed by atoms with Crippen LogP contribution in [0.25, 0.3) is 0 Å². The first-order valence-electron chi connectivity index (χ1n) is 2.83. The van der Waals surface area contributed by atoms with Crippen LogP contribution in [0.2, 0.25) is 0 Å². The third kappa shape index (κ3) is 1.92. The van der Waals surface area contributed by atoms with Crippen LogP contribution in [0.3, 0.4) is 0 Å². The van der Waals surface area contributed by atoms with Crippen LogP contribution in [0.5, 0.6) is 0 Å². The van der Waals surface area contributed by atoms with Gasteiger partial charge in [-0.1, -0.05) is 0 Å². The van der Waals surface area contributed by atoms with Crippen molar-refractivity contribution in [2.75, 3.05) is 12.5 Å². The van der Waals surface area contributed by atoms with Crippen molar-refractivity contribution in [3.63, 3.8) is 0 Å². The van der Waals surface area contributed by atoms with Gasteiger partial charge in [0.25, 0.3) is 0 Å². The van der Waals surface area contributed by atoms with Gasteiger partial charge in [-0.25, -0.2) is 4.98 Å². The first-order valence-corrected chi connectivity index (χ1v) is 5.28. The number of hydrogen-bond acceptors (Lipinski definition) is 3. The number of rotatable bonds is 2. The van der Waals surface area contributed by atoms with Gasteiger partial charge >= 0.3 is 0 Å². The second kappa shape index (κ2) is 3.88. The molecule has 10 heavy (non-hydrogen) atoms. The van der Waals surface area contributed by atoms with E-state index >= 15 is 0 Å². The Bertz CT molecular complexity index is 193. The Balaban J connectivity index is 2.87. The Hall–Kier alpha value is -0.150. The first-order chi connectivity index (χ1) is 4.86. The van der Waals surface area contributed by atoms with Gasteiger partial charge in [-0.05, 0) is 24.6 Å². The molecule has 1 aromatic rings. The molecular formula is C7H8NS2. The molecule has 0 aliphatic heterocycles. The number of hydrogen-bond donors (Lipinski definition) is 0. The van der Waals surface area contributed by atoms with Crippen LogP contribution < -0.4 is 0 Å². The lowest BCUT2D eigenvalue weighted by atomic mass is 10.5. The maximum Gasteiger partial charge on any atom is 0.105 e. The number of aromatic nitrogens is 1. The highest BCUT2D eigenvalue weighted by Gasteiger charge is 1.92. The van der Waals surface area contributed by atoms with E-state index in [0.29, 0.717) is 0 Å². The van der Waals surface area contributed by atoms with Crippen LogP contribution in [0.4, 0.5) is 0 Å². The Morgan fingerprint density at radius 2 is 2.20 bits per heavy atom. The fourth-order valence-corrected chi connectivity index (χ4v) is 1.39. The molecule has 1 aromatic heterocycles. The molecule has 0 N–H and O–H groups in total. The molecule has 0 aromatic carbocycles. The van der Waals surface area contributed by atoms with Crippen molar-refractivity contribution in [3.05, 3.63) is 18.2 Å². The zero-order valence-electron chi connectivity index (χ0n) is 5.92. The topological polar surface area (TPSA) is 12.9 Å². The van der Waals surface area contributed by atoms with E-state index in [1.54, 1.807) is 23.5 Å². The van der Waals surface area contributed by atoms with Gasteiger partial charge in [0.05, 0.1) is 5.03 Å². The summed E-state index contributed by atoms with van der Waals surface area (Å²) >= 11 is 3.27. The smallest absolute Gasteiger partial charge is 0.105 e. The average Bonchev–Trinajstić information content (AvgIpc) is 2.05. The molecular weight excluding hydrogens is 162 g/mol. The van der Waals surface area contributed by atoms with E-state index in [1.165, 1.54) is 0 Å². The van der Waals surface area contributed by atoms with Gasteiger partial charge in [0.1, 0.15) is 5.03 Å². The SMILES string of the molecule is CSc1[c]ccc(SC)n1. The van der Waals surface area contributed by atoms with Crippen LogP contribution in [-0.4, -0.2) is 17.5 Å². The molecule has 0 unspecified atom stereocenters. The standard InChI is InChI=1S/C7H8NS2/c1-9-6-4-3-5-7(8-6)10-2/h3-4H,1-2H3. The van der Waals surface area contributed by atoms with Gasteiger partial charge in [-0.2, -0.15) is 0 Å². The van der Waals surface area contributed by atoms with Crippen molar-refractivity contribution in [1.29, 1.82) is 0 Å². The molecule has 0 spiro atoms. The van der Waals surface area contributed by atoms with Gasteiger partial charge in [-0.15, -0.1) is 23.5 Å². The van der Waals surface area contributed by atoms with Crippen molar-refractivity contribution in [2.45, 2.75) is 10.1 Å². The minimum absolute atomic E-state index is 0.965. The predicted molar refractivity (Wildman–Crippen MR) is 46.6 cm³/mol. The zero-order chi connectivity index (χ0) is 7.40. The van der Waals surface area contributed by atoms with Crippen molar-refractivity contribution >= 4 is 23.5 Å². The van der Waals surface area contributed by atoms with E-state index in [-0.39, 0.29) is 0 Å². The van der Waals surface area contributed by atoms with Gasteiger partial charge in [0.15, 0.2) is 0 Å². The molecule has 3 heteroatoms. The van der Waals surface area contributed by atoms with Crippen molar-refractivity contribution in [3.8, 4) is 0 Å². The molecule has 1 nitrogen and oxygen atoms in total. The van der Waals surface area contributed by atoms with Gasteiger partial charge in [0, 0.05) is 6.07 Å². The molecule has 1 heterocycles. The molecule has 0 atom stereocenters. The van der Waals surface area contributed by atoms with Crippen LogP contribution >= 0.6 is 23.5 Å². The van der Waals surface area contributed by atoms with E-state index in [4.69, 9.17) is 0 Å². The fourth-order valence-electron chi connectivity index (χ4n) is 0.572. The summed E-state index contributed by atoms with van der Waals surface area (Å²) in [7, 11) is 0. The lowest BCUT2D eigenvalue weighted by Crippen LogP contribution is -1.80. The first kappa shape index (κ1) is 7.95. The highest BCUT2D eigenvalue weighted by Crippen LogP contribution is 2.15. The van der Waals surface area contributed by atoms with E-state index in [1.807, 2.05) is 24.6 Å². The predicted octanol–water partition coefficient (Wildman–Crippen LogP) is 2.33. The van der Waals surface area contributed by atoms with Crippen molar-refractivity contribution in [2.24, 2.45) is 0 Å². The van der Waals surface area contributed by atoms with Crippen molar-refractivity contribution < 1.29 is 0 Å². The van der Waals surface area contributed by atoms with Crippen LogP contribution in [-0.2, 0) is 0 Å². The monoisotopic (exact) mass is 170 g/mol. The molecule has 0 saturated carbocycles.